The summed E-state index contributed by atoms with van der Waals surface area (Å²) in [5.41, 5.74) is 1.69. The van der Waals surface area contributed by atoms with Crippen molar-refractivity contribution in [1.82, 2.24) is 0 Å². The molecule has 4 atom stereocenters. The van der Waals surface area contributed by atoms with E-state index in [0.717, 1.165) is 0 Å². The first kappa shape index (κ1) is 9.56. The number of aldehydes is 1. The van der Waals surface area contributed by atoms with Crippen LogP contribution < -0.4 is 5.73 Å². The molecule has 0 saturated carbocycles. The highest BCUT2D eigenvalue weighted by Crippen LogP contribution is 2.01. The normalized spacial score (nSPS) is 22.2. The number of rotatable bonds is 6. The Kier molecular flexibility index (Phi) is 4.12. The topological polar surface area (TPSA) is 124 Å². The standard InChI is InChI=1S/C6H13NO5/c7-3(1-8)5(11)6(12)4(10)2-9/h1,3-6,9-12H,2,7H2/t3-,4+,5+,6-/m0/s1/i/hD. The first-order valence-electron chi connectivity index (χ1n) is 3.86. The highest BCUT2D eigenvalue weighted by molar-refractivity contribution is 5.58. The third kappa shape index (κ3) is 2.84. The number of aliphatic hydroxyl groups is 4. The molecule has 0 saturated heterocycles. The SMILES string of the molecule is [2H]N[C@@H](C=O)[C@@H](O)[C@@H](O)[C@H](O)CO. The van der Waals surface area contributed by atoms with E-state index in [1.807, 2.05) is 0 Å². The van der Waals surface area contributed by atoms with Crippen LogP contribution in [0.25, 0.3) is 0 Å². The van der Waals surface area contributed by atoms with Crippen molar-refractivity contribution in [3.63, 3.8) is 0 Å². The number of nitrogens with two attached hydrogens (primary N) is 1. The molecule has 0 aliphatic carbocycles. The second-order valence-corrected chi connectivity index (χ2v) is 2.39. The minimum Gasteiger partial charge on any atom is -0.394 e. The molecular formula is C6H13NO5. The molecule has 0 aromatic heterocycles. The average Bonchev–Trinajstić information content (AvgIpc) is 2.17. The fraction of sp³-hybridized carbons (Fsp3) is 0.833. The summed E-state index contributed by atoms with van der Waals surface area (Å²) in [5, 5.41) is 35.5. The molecule has 6 N–H and O–H groups in total. The van der Waals surface area contributed by atoms with E-state index in [-0.39, 0.29) is 6.29 Å². The van der Waals surface area contributed by atoms with Crippen molar-refractivity contribution >= 4 is 6.29 Å². The largest absolute Gasteiger partial charge is 0.394 e. The summed E-state index contributed by atoms with van der Waals surface area (Å²) in [6.07, 6.45) is -4.61. The molecule has 0 rings (SSSR count). The molecule has 12 heavy (non-hydrogen) atoms. The monoisotopic (exact) mass is 180 g/mol. The quantitative estimate of drug-likeness (QED) is 0.271. The smallest absolute Gasteiger partial charge is 0.139 e. The predicted octanol–water partition coefficient (Wildman–Crippen LogP) is -3.41. The minimum absolute atomic E-state index is 0.227. The molecule has 0 amide bonds. The van der Waals surface area contributed by atoms with Crippen LogP contribution in [0.15, 0.2) is 0 Å². The zero-order chi connectivity index (χ0) is 10.4. The van der Waals surface area contributed by atoms with E-state index in [0.29, 0.717) is 0 Å². The van der Waals surface area contributed by atoms with Crippen LogP contribution >= 0.6 is 0 Å². The van der Waals surface area contributed by atoms with Crippen LogP contribution in [0.1, 0.15) is 0 Å². The first-order chi connectivity index (χ1) is 6.08. The summed E-state index contributed by atoms with van der Waals surface area (Å²) >= 11 is 0. The van der Waals surface area contributed by atoms with Crippen LogP contribution in [-0.4, -0.2) is 57.7 Å². The maximum absolute atomic E-state index is 10.2. The number of hydrogen-bond donors (Lipinski definition) is 5. The van der Waals surface area contributed by atoms with Gasteiger partial charge in [0.2, 0.25) is 0 Å². The lowest BCUT2D eigenvalue weighted by Gasteiger charge is -2.23. The van der Waals surface area contributed by atoms with Crippen molar-refractivity contribution < 1.29 is 26.6 Å². The van der Waals surface area contributed by atoms with Gasteiger partial charge in [0.05, 0.1) is 12.6 Å². The van der Waals surface area contributed by atoms with Gasteiger partial charge >= 0.3 is 0 Å². The summed E-state index contributed by atoms with van der Waals surface area (Å²) in [7, 11) is 0. The predicted molar refractivity (Wildman–Crippen MR) is 39.1 cm³/mol. The van der Waals surface area contributed by atoms with Crippen molar-refractivity contribution in [2.75, 3.05) is 6.61 Å². The summed E-state index contributed by atoms with van der Waals surface area (Å²) in [4.78, 5) is 10.2. The van der Waals surface area contributed by atoms with Crippen LogP contribution in [0.2, 0.25) is 1.41 Å². The lowest BCUT2D eigenvalue weighted by molar-refractivity contribution is -0.118. The van der Waals surface area contributed by atoms with Gasteiger partial charge < -0.3 is 30.9 Å². The molecule has 0 bridgehead atoms. The van der Waals surface area contributed by atoms with E-state index in [1.54, 1.807) is 5.73 Å². The second-order valence-electron chi connectivity index (χ2n) is 2.39. The van der Waals surface area contributed by atoms with Gasteiger partial charge in [0, 0.05) is 0 Å². The van der Waals surface area contributed by atoms with Crippen molar-refractivity contribution in [2.45, 2.75) is 24.4 Å². The van der Waals surface area contributed by atoms with E-state index in [1.165, 1.54) is 0 Å². The fourth-order valence-electron chi connectivity index (χ4n) is 0.629. The molecule has 0 aromatic rings. The maximum Gasteiger partial charge on any atom is 0.139 e. The third-order valence-electron chi connectivity index (χ3n) is 1.45. The van der Waals surface area contributed by atoms with E-state index in [4.69, 9.17) is 21.8 Å². The van der Waals surface area contributed by atoms with Crippen LogP contribution in [0.3, 0.4) is 0 Å². The van der Waals surface area contributed by atoms with Gasteiger partial charge in [-0.05, 0) is 0 Å². The molecule has 0 unspecified atom stereocenters. The summed E-state index contributed by atoms with van der Waals surface area (Å²) in [5.74, 6) is 0. The average molecular weight is 180 g/mol. The van der Waals surface area contributed by atoms with E-state index < -0.39 is 31.0 Å². The highest BCUT2D eigenvalue weighted by Gasteiger charge is 2.28. The Morgan fingerprint density at radius 2 is 2.00 bits per heavy atom. The zero-order valence-corrected chi connectivity index (χ0v) is 6.29. The Morgan fingerprint density at radius 1 is 1.42 bits per heavy atom. The molecule has 0 spiro atoms. The molecule has 0 aliphatic heterocycles. The number of aliphatic hydroxyl groups excluding tert-OH is 4. The molecule has 0 aromatic carbocycles. The van der Waals surface area contributed by atoms with Gasteiger partial charge in [-0.25, -0.2) is 0 Å². The van der Waals surface area contributed by atoms with Gasteiger partial charge in [0.1, 0.15) is 26.0 Å². The van der Waals surface area contributed by atoms with Crippen molar-refractivity contribution in [1.29, 1.82) is 0 Å². The number of hydrogen-bond acceptors (Lipinski definition) is 6. The fourth-order valence-corrected chi connectivity index (χ4v) is 0.629. The van der Waals surface area contributed by atoms with Crippen molar-refractivity contribution in [3.05, 3.63) is 0 Å². The first-order valence-corrected chi connectivity index (χ1v) is 3.36. The van der Waals surface area contributed by atoms with Gasteiger partial charge in [-0.2, -0.15) is 0 Å². The summed E-state index contributed by atoms with van der Waals surface area (Å²) < 4.78 is 6.59. The molecular weight excluding hydrogens is 166 g/mol. The summed E-state index contributed by atoms with van der Waals surface area (Å²) in [6, 6.07) is -1.30. The van der Waals surface area contributed by atoms with Gasteiger partial charge in [-0.3, -0.25) is 0 Å². The maximum atomic E-state index is 10.2. The molecule has 6 nitrogen and oxygen atoms in total. The van der Waals surface area contributed by atoms with E-state index in [2.05, 4.69) is 0 Å². The number of carbonyl (C=O) groups is 1. The molecule has 0 fully saturated rings. The third-order valence-corrected chi connectivity index (χ3v) is 1.45. The summed E-state index contributed by atoms with van der Waals surface area (Å²) in [6.45, 7) is -0.734. The van der Waals surface area contributed by atoms with Crippen molar-refractivity contribution in [2.24, 2.45) is 5.73 Å². The zero-order valence-electron chi connectivity index (χ0n) is 7.29. The highest BCUT2D eigenvalue weighted by atomic mass is 16.4. The van der Waals surface area contributed by atoms with Gasteiger partial charge in [0.15, 0.2) is 0 Å². The molecule has 0 heterocycles. The lowest BCUT2D eigenvalue weighted by atomic mass is 10.0. The Morgan fingerprint density at radius 3 is 2.33 bits per heavy atom. The molecule has 72 valence electrons. The lowest BCUT2D eigenvalue weighted by Crippen LogP contribution is -2.49. The molecule has 6 heteroatoms. The Hall–Kier alpha value is -0.530. The van der Waals surface area contributed by atoms with Crippen molar-refractivity contribution in [3.8, 4) is 0 Å². The molecule has 0 radical (unpaired) electrons. The Balaban J connectivity index is 4.21. The van der Waals surface area contributed by atoms with Gasteiger partial charge in [-0.1, -0.05) is 0 Å². The minimum atomic E-state index is -1.67. The van der Waals surface area contributed by atoms with Gasteiger partial charge in [0.25, 0.3) is 0 Å². The van der Waals surface area contributed by atoms with Gasteiger partial charge in [-0.15, -0.1) is 0 Å². The molecule has 0 aliphatic rings. The van der Waals surface area contributed by atoms with Crippen LogP contribution in [0.5, 0.6) is 0 Å². The van der Waals surface area contributed by atoms with E-state index in [9.17, 15) is 4.79 Å². The van der Waals surface area contributed by atoms with Crippen LogP contribution in [-0.2, 0) is 4.79 Å². The van der Waals surface area contributed by atoms with Crippen LogP contribution in [0.4, 0.5) is 0 Å². The second kappa shape index (κ2) is 5.18. The Bertz CT molecular complexity index is 158. The Labute approximate surface area is 70.7 Å². The van der Waals surface area contributed by atoms with Crippen LogP contribution in [0, 0.1) is 0 Å². The number of carbonyl (C=O) groups excluding carboxylic acids is 1. The van der Waals surface area contributed by atoms with E-state index >= 15 is 0 Å².